The molecule has 0 unspecified atom stereocenters. The Morgan fingerprint density at radius 1 is 1.15 bits per heavy atom. The van der Waals surface area contributed by atoms with Crippen LogP contribution in [0.1, 0.15) is 12.1 Å². The van der Waals surface area contributed by atoms with E-state index in [0.717, 1.165) is 29.2 Å². The van der Waals surface area contributed by atoms with Crippen molar-refractivity contribution in [3.63, 3.8) is 0 Å². The summed E-state index contributed by atoms with van der Waals surface area (Å²) >= 11 is 1.54. The lowest BCUT2D eigenvalue weighted by molar-refractivity contribution is -0.120. The topological polar surface area (TPSA) is 59.8 Å². The number of nitrogens with zero attached hydrogens (tertiary/aromatic N) is 3. The highest BCUT2D eigenvalue weighted by Crippen LogP contribution is 2.22. The van der Waals surface area contributed by atoms with E-state index in [1.165, 1.54) is 22.2 Å². The fraction of sp³-hybridized carbons (Fsp3) is 0.190. The van der Waals surface area contributed by atoms with E-state index in [0.29, 0.717) is 13.0 Å². The zero-order valence-corrected chi connectivity index (χ0v) is 15.7. The first kappa shape index (κ1) is 17.4. The molecule has 4 rings (SSSR count). The molecule has 0 bridgehead atoms. The van der Waals surface area contributed by atoms with Crippen molar-refractivity contribution < 1.29 is 4.79 Å². The minimum absolute atomic E-state index is 0.00963. The summed E-state index contributed by atoms with van der Waals surface area (Å²) in [6.07, 6.45) is 6.82. The van der Waals surface area contributed by atoms with Crippen molar-refractivity contribution >= 4 is 28.1 Å². The van der Waals surface area contributed by atoms with Crippen LogP contribution in [0.25, 0.3) is 21.5 Å². The Kier molecular flexibility index (Phi) is 5.25. The average molecular weight is 376 g/mol. The van der Waals surface area contributed by atoms with Gasteiger partial charge in [0.2, 0.25) is 5.91 Å². The summed E-state index contributed by atoms with van der Waals surface area (Å²) < 4.78 is 2.22. The van der Waals surface area contributed by atoms with Crippen LogP contribution in [0.15, 0.2) is 66.4 Å². The molecule has 5 nitrogen and oxygen atoms in total. The maximum atomic E-state index is 12.2. The lowest BCUT2D eigenvalue weighted by Gasteiger charge is -2.07. The molecule has 136 valence electrons. The molecule has 1 aromatic carbocycles. The standard InChI is InChI=1S/C21H20N4OS/c26-20(13-18-15-27-21(24-18)17-6-3-9-22-14-17)23-10-4-11-25-12-8-16-5-1-2-7-19(16)25/h1-3,5-9,12,14-15H,4,10-11,13H2,(H,23,26). The average Bonchev–Trinajstić information content (AvgIpc) is 3.33. The molecule has 0 aliphatic carbocycles. The molecule has 1 N–H and O–H groups in total. The van der Waals surface area contributed by atoms with Gasteiger partial charge in [-0.1, -0.05) is 18.2 Å². The first-order chi connectivity index (χ1) is 13.3. The van der Waals surface area contributed by atoms with Crippen molar-refractivity contribution in [3.05, 3.63) is 72.1 Å². The van der Waals surface area contributed by atoms with E-state index in [2.05, 4.69) is 44.2 Å². The summed E-state index contributed by atoms with van der Waals surface area (Å²) in [7, 11) is 0. The van der Waals surface area contributed by atoms with Gasteiger partial charge in [0.15, 0.2) is 0 Å². The molecule has 3 aromatic heterocycles. The third kappa shape index (κ3) is 4.23. The number of fused-ring (bicyclic) bond motifs is 1. The molecule has 0 fully saturated rings. The SMILES string of the molecule is O=C(Cc1csc(-c2cccnc2)n1)NCCCn1ccc2ccccc21. The molecule has 0 saturated carbocycles. The fourth-order valence-corrected chi connectivity index (χ4v) is 3.86. The van der Waals surface area contributed by atoms with E-state index in [1.807, 2.05) is 29.6 Å². The Balaban J connectivity index is 1.25. The Labute approximate surface area is 161 Å². The number of carbonyl (C=O) groups excluding carboxylic acids is 1. The smallest absolute Gasteiger partial charge is 0.226 e. The van der Waals surface area contributed by atoms with E-state index in [1.54, 1.807) is 12.4 Å². The van der Waals surface area contributed by atoms with E-state index in [4.69, 9.17) is 0 Å². The lowest BCUT2D eigenvalue weighted by atomic mass is 10.2. The first-order valence-corrected chi connectivity index (χ1v) is 9.83. The van der Waals surface area contributed by atoms with Crippen LogP contribution in [0.4, 0.5) is 0 Å². The minimum atomic E-state index is 0.00963. The van der Waals surface area contributed by atoms with Crippen molar-refractivity contribution in [1.29, 1.82) is 0 Å². The van der Waals surface area contributed by atoms with Crippen LogP contribution >= 0.6 is 11.3 Å². The highest BCUT2D eigenvalue weighted by Gasteiger charge is 2.09. The Morgan fingerprint density at radius 3 is 2.96 bits per heavy atom. The molecule has 0 atom stereocenters. The predicted molar refractivity (Wildman–Crippen MR) is 109 cm³/mol. The highest BCUT2D eigenvalue weighted by atomic mass is 32.1. The first-order valence-electron chi connectivity index (χ1n) is 8.95. The summed E-state index contributed by atoms with van der Waals surface area (Å²) in [6.45, 7) is 1.54. The van der Waals surface area contributed by atoms with E-state index in [-0.39, 0.29) is 5.91 Å². The van der Waals surface area contributed by atoms with Gasteiger partial charge in [-0.25, -0.2) is 4.98 Å². The number of nitrogens with one attached hydrogen (secondary N) is 1. The Morgan fingerprint density at radius 2 is 2.07 bits per heavy atom. The van der Waals surface area contributed by atoms with Gasteiger partial charge in [-0.05, 0) is 36.1 Å². The van der Waals surface area contributed by atoms with Gasteiger partial charge in [0.25, 0.3) is 0 Å². The third-order valence-corrected chi connectivity index (χ3v) is 5.32. The zero-order chi connectivity index (χ0) is 18.5. The number of benzene rings is 1. The maximum Gasteiger partial charge on any atom is 0.226 e. The van der Waals surface area contributed by atoms with Crippen LogP contribution in [0.5, 0.6) is 0 Å². The van der Waals surface area contributed by atoms with Crippen molar-refractivity contribution in [2.45, 2.75) is 19.4 Å². The molecule has 0 aliphatic heterocycles. The van der Waals surface area contributed by atoms with Gasteiger partial charge in [-0.2, -0.15) is 0 Å². The van der Waals surface area contributed by atoms with Crippen molar-refractivity contribution in [2.24, 2.45) is 0 Å². The molecular formula is C21H20N4OS. The van der Waals surface area contributed by atoms with Gasteiger partial charge in [0.1, 0.15) is 5.01 Å². The minimum Gasteiger partial charge on any atom is -0.356 e. The quantitative estimate of drug-likeness (QED) is 0.498. The normalized spacial score (nSPS) is 11.0. The summed E-state index contributed by atoms with van der Waals surface area (Å²) in [5, 5.41) is 7.07. The van der Waals surface area contributed by atoms with Gasteiger partial charge in [-0.15, -0.1) is 11.3 Å². The van der Waals surface area contributed by atoms with Crippen molar-refractivity contribution in [3.8, 4) is 10.6 Å². The van der Waals surface area contributed by atoms with Gasteiger partial charge in [-0.3, -0.25) is 9.78 Å². The van der Waals surface area contributed by atoms with E-state index < -0.39 is 0 Å². The van der Waals surface area contributed by atoms with Crippen molar-refractivity contribution in [2.75, 3.05) is 6.54 Å². The number of thiazole rings is 1. The van der Waals surface area contributed by atoms with Crippen LogP contribution in [-0.2, 0) is 17.8 Å². The molecule has 1 amide bonds. The second kappa shape index (κ2) is 8.14. The number of para-hydroxylation sites is 1. The monoisotopic (exact) mass is 376 g/mol. The third-order valence-electron chi connectivity index (χ3n) is 4.38. The molecule has 6 heteroatoms. The molecule has 0 radical (unpaired) electrons. The molecule has 27 heavy (non-hydrogen) atoms. The van der Waals surface area contributed by atoms with Crippen LogP contribution in [-0.4, -0.2) is 27.0 Å². The molecular weight excluding hydrogens is 356 g/mol. The van der Waals surface area contributed by atoms with Crippen LogP contribution in [0.2, 0.25) is 0 Å². The van der Waals surface area contributed by atoms with Crippen molar-refractivity contribution in [1.82, 2.24) is 19.9 Å². The van der Waals surface area contributed by atoms with E-state index in [9.17, 15) is 4.79 Å². The molecule has 0 aliphatic rings. The van der Waals surface area contributed by atoms with Gasteiger partial charge in [0.05, 0.1) is 12.1 Å². The number of hydrogen-bond donors (Lipinski definition) is 1. The van der Waals surface area contributed by atoms with Crippen LogP contribution in [0, 0.1) is 0 Å². The number of pyridine rings is 1. The second-order valence-corrected chi connectivity index (χ2v) is 7.19. The number of rotatable bonds is 7. The number of aryl methyl sites for hydroxylation is 1. The zero-order valence-electron chi connectivity index (χ0n) is 14.8. The number of carbonyl (C=O) groups is 1. The number of amides is 1. The maximum absolute atomic E-state index is 12.2. The molecule has 0 saturated heterocycles. The molecule has 0 spiro atoms. The lowest BCUT2D eigenvalue weighted by Crippen LogP contribution is -2.26. The second-order valence-electron chi connectivity index (χ2n) is 6.33. The summed E-state index contributed by atoms with van der Waals surface area (Å²) in [6, 6.07) is 14.3. The number of aromatic nitrogens is 3. The van der Waals surface area contributed by atoms with Gasteiger partial charge < -0.3 is 9.88 Å². The molecule has 4 aromatic rings. The predicted octanol–water partition coefficient (Wildman–Crippen LogP) is 3.91. The fourth-order valence-electron chi connectivity index (χ4n) is 3.05. The van der Waals surface area contributed by atoms with Gasteiger partial charge >= 0.3 is 0 Å². The van der Waals surface area contributed by atoms with Gasteiger partial charge in [0, 0.05) is 48.1 Å². The van der Waals surface area contributed by atoms with Crippen LogP contribution < -0.4 is 5.32 Å². The number of hydrogen-bond acceptors (Lipinski definition) is 4. The Hall–Kier alpha value is -2.99. The van der Waals surface area contributed by atoms with Crippen LogP contribution in [0.3, 0.4) is 0 Å². The Bertz CT molecular complexity index is 1040. The highest BCUT2D eigenvalue weighted by molar-refractivity contribution is 7.13. The summed E-state index contributed by atoms with van der Waals surface area (Å²) in [4.78, 5) is 20.8. The summed E-state index contributed by atoms with van der Waals surface area (Å²) in [5.41, 5.74) is 3.01. The van der Waals surface area contributed by atoms with E-state index >= 15 is 0 Å². The molecule has 3 heterocycles. The largest absolute Gasteiger partial charge is 0.356 e. The summed E-state index contributed by atoms with van der Waals surface area (Å²) in [5.74, 6) is 0.00963.